The summed E-state index contributed by atoms with van der Waals surface area (Å²) >= 11 is 11.7. The Bertz CT molecular complexity index is 695. The lowest BCUT2D eigenvalue weighted by molar-refractivity contribution is -0.167. The normalized spacial score (nSPS) is 15.6. The number of halogens is 5. The largest absolute Gasteiger partial charge is 0.406 e. The number of nitrogens with one attached hydrogen (secondary N) is 1. The zero-order valence-corrected chi connectivity index (χ0v) is 14.4. The van der Waals surface area contributed by atoms with Gasteiger partial charge in [0.2, 0.25) is 0 Å². The first-order valence-electron chi connectivity index (χ1n) is 7.35. The topological polar surface area (TPSA) is 52.5 Å². The van der Waals surface area contributed by atoms with E-state index in [0.717, 1.165) is 0 Å². The second-order valence-corrected chi connectivity index (χ2v) is 6.35. The summed E-state index contributed by atoms with van der Waals surface area (Å²) in [5.74, 6) is 0. The van der Waals surface area contributed by atoms with E-state index in [1.165, 1.54) is 30.3 Å². The SMILES string of the molecule is OC[C@H](N[C@H](c1ccc(Cl)cc1)[C@H](O)c1cccc(Cl)c1)C(F)(F)F. The van der Waals surface area contributed by atoms with Gasteiger partial charge in [-0.25, -0.2) is 0 Å². The summed E-state index contributed by atoms with van der Waals surface area (Å²) < 4.78 is 39.1. The van der Waals surface area contributed by atoms with Crippen molar-refractivity contribution >= 4 is 23.2 Å². The van der Waals surface area contributed by atoms with Gasteiger partial charge < -0.3 is 10.2 Å². The zero-order valence-electron chi connectivity index (χ0n) is 12.8. The van der Waals surface area contributed by atoms with Crippen LogP contribution in [0.3, 0.4) is 0 Å². The molecule has 0 aliphatic heterocycles. The van der Waals surface area contributed by atoms with Crippen molar-refractivity contribution in [3.05, 3.63) is 69.7 Å². The van der Waals surface area contributed by atoms with Gasteiger partial charge in [-0.05, 0) is 35.4 Å². The molecule has 3 atom stereocenters. The molecular weight excluding hydrogens is 378 g/mol. The summed E-state index contributed by atoms with van der Waals surface area (Å²) in [6.07, 6.45) is -6.00. The predicted molar refractivity (Wildman–Crippen MR) is 90.7 cm³/mol. The Morgan fingerprint density at radius 1 is 0.960 bits per heavy atom. The third kappa shape index (κ3) is 5.33. The fourth-order valence-corrected chi connectivity index (χ4v) is 2.71. The first kappa shape index (κ1) is 20.0. The molecule has 25 heavy (non-hydrogen) atoms. The van der Waals surface area contributed by atoms with Crippen LogP contribution in [-0.2, 0) is 0 Å². The summed E-state index contributed by atoms with van der Waals surface area (Å²) in [4.78, 5) is 0. The molecule has 0 radical (unpaired) electrons. The van der Waals surface area contributed by atoms with Crippen LogP contribution in [0.5, 0.6) is 0 Å². The lowest BCUT2D eigenvalue weighted by Gasteiger charge is -2.30. The fourth-order valence-electron chi connectivity index (χ4n) is 2.39. The molecule has 2 aromatic carbocycles. The van der Waals surface area contributed by atoms with E-state index in [2.05, 4.69) is 5.32 Å². The highest BCUT2D eigenvalue weighted by molar-refractivity contribution is 6.30. The predicted octanol–water partition coefficient (Wildman–Crippen LogP) is 4.28. The van der Waals surface area contributed by atoms with E-state index in [4.69, 9.17) is 28.3 Å². The van der Waals surface area contributed by atoms with E-state index < -0.39 is 31.0 Å². The van der Waals surface area contributed by atoms with Crippen LogP contribution in [0.2, 0.25) is 10.0 Å². The molecule has 0 saturated heterocycles. The molecule has 0 aliphatic carbocycles. The maximum absolute atomic E-state index is 13.0. The molecule has 0 aromatic heterocycles. The summed E-state index contributed by atoms with van der Waals surface area (Å²) in [5.41, 5.74) is 0.735. The molecule has 0 amide bonds. The van der Waals surface area contributed by atoms with Crippen LogP contribution >= 0.6 is 23.2 Å². The lowest BCUT2D eigenvalue weighted by atomic mass is 9.95. The fraction of sp³-hybridized carbons (Fsp3) is 0.294. The van der Waals surface area contributed by atoms with Crippen LogP contribution in [0.1, 0.15) is 23.3 Å². The van der Waals surface area contributed by atoms with Gasteiger partial charge in [0, 0.05) is 10.0 Å². The van der Waals surface area contributed by atoms with Crippen molar-refractivity contribution in [1.82, 2.24) is 5.32 Å². The van der Waals surface area contributed by atoms with Crippen molar-refractivity contribution in [3.63, 3.8) is 0 Å². The Morgan fingerprint density at radius 2 is 1.60 bits per heavy atom. The minimum Gasteiger partial charge on any atom is -0.394 e. The van der Waals surface area contributed by atoms with Crippen molar-refractivity contribution < 1.29 is 23.4 Å². The average molecular weight is 394 g/mol. The number of hydrogen-bond acceptors (Lipinski definition) is 3. The molecule has 2 rings (SSSR count). The van der Waals surface area contributed by atoms with Crippen molar-refractivity contribution in [1.29, 1.82) is 0 Å². The minimum absolute atomic E-state index is 0.346. The minimum atomic E-state index is -4.67. The molecule has 0 spiro atoms. The highest BCUT2D eigenvalue weighted by atomic mass is 35.5. The zero-order chi connectivity index (χ0) is 18.6. The Kier molecular flexibility index (Phi) is 6.71. The molecule has 0 unspecified atom stereocenters. The molecule has 0 fully saturated rings. The van der Waals surface area contributed by atoms with E-state index in [9.17, 15) is 18.3 Å². The van der Waals surface area contributed by atoms with E-state index in [1.807, 2.05) is 0 Å². The Morgan fingerprint density at radius 3 is 2.12 bits per heavy atom. The van der Waals surface area contributed by atoms with E-state index >= 15 is 0 Å². The average Bonchev–Trinajstić information content (AvgIpc) is 2.55. The molecule has 3 nitrogen and oxygen atoms in total. The van der Waals surface area contributed by atoms with Crippen molar-refractivity contribution in [2.75, 3.05) is 6.61 Å². The van der Waals surface area contributed by atoms with Gasteiger partial charge in [0.15, 0.2) is 0 Å². The number of aliphatic hydroxyl groups is 2. The van der Waals surface area contributed by atoms with Crippen molar-refractivity contribution in [3.8, 4) is 0 Å². The Labute approximate surface area is 153 Å². The molecular formula is C17H16Cl2F3NO2. The smallest absolute Gasteiger partial charge is 0.394 e. The van der Waals surface area contributed by atoms with E-state index in [1.54, 1.807) is 18.2 Å². The number of rotatable bonds is 6. The summed E-state index contributed by atoms with van der Waals surface area (Å²) in [6.45, 7) is -1.16. The van der Waals surface area contributed by atoms with Crippen LogP contribution in [0.15, 0.2) is 48.5 Å². The lowest BCUT2D eigenvalue weighted by Crippen LogP contribution is -2.47. The Balaban J connectivity index is 2.39. The third-order valence-corrected chi connectivity index (χ3v) is 4.18. The maximum Gasteiger partial charge on any atom is 0.406 e. The van der Waals surface area contributed by atoms with Gasteiger partial charge in [-0.3, -0.25) is 5.32 Å². The Hall–Kier alpha value is -1.31. The highest BCUT2D eigenvalue weighted by Gasteiger charge is 2.41. The van der Waals surface area contributed by atoms with Crippen LogP contribution in [0.25, 0.3) is 0 Å². The van der Waals surface area contributed by atoms with Gasteiger partial charge in [-0.15, -0.1) is 0 Å². The molecule has 136 valence electrons. The summed E-state index contributed by atoms with van der Waals surface area (Å²) in [7, 11) is 0. The van der Waals surface area contributed by atoms with Crippen LogP contribution < -0.4 is 5.32 Å². The first-order valence-corrected chi connectivity index (χ1v) is 8.10. The van der Waals surface area contributed by atoms with Crippen LogP contribution in [0, 0.1) is 0 Å². The first-order chi connectivity index (χ1) is 11.7. The van der Waals surface area contributed by atoms with Gasteiger partial charge in [0.25, 0.3) is 0 Å². The quantitative estimate of drug-likeness (QED) is 0.686. The molecule has 0 saturated carbocycles. The third-order valence-electron chi connectivity index (χ3n) is 3.69. The monoisotopic (exact) mass is 393 g/mol. The van der Waals surface area contributed by atoms with E-state index in [0.29, 0.717) is 21.2 Å². The molecule has 0 aliphatic rings. The second-order valence-electron chi connectivity index (χ2n) is 5.47. The van der Waals surface area contributed by atoms with Gasteiger partial charge in [-0.1, -0.05) is 47.5 Å². The highest BCUT2D eigenvalue weighted by Crippen LogP contribution is 2.33. The number of benzene rings is 2. The molecule has 8 heteroatoms. The molecule has 2 aromatic rings. The standard InChI is InChI=1S/C17H16Cl2F3NO2/c18-12-6-4-10(5-7-12)15(23-14(9-24)17(20,21)22)16(25)11-2-1-3-13(19)8-11/h1-8,14-16,23-25H,9H2/t14-,15+,16+/m0/s1. The number of alkyl halides is 3. The molecule has 0 heterocycles. The number of hydrogen-bond donors (Lipinski definition) is 3. The molecule has 3 N–H and O–H groups in total. The number of aliphatic hydroxyl groups excluding tert-OH is 2. The van der Waals surface area contributed by atoms with Crippen LogP contribution in [0.4, 0.5) is 13.2 Å². The summed E-state index contributed by atoms with van der Waals surface area (Å²) in [6, 6.07) is 8.94. The maximum atomic E-state index is 13.0. The second kappa shape index (κ2) is 8.38. The van der Waals surface area contributed by atoms with Gasteiger partial charge in [0.05, 0.1) is 18.8 Å². The van der Waals surface area contributed by atoms with Crippen molar-refractivity contribution in [2.24, 2.45) is 0 Å². The van der Waals surface area contributed by atoms with Gasteiger partial charge >= 0.3 is 6.18 Å². The van der Waals surface area contributed by atoms with Crippen LogP contribution in [-0.4, -0.2) is 29.0 Å². The van der Waals surface area contributed by atoms with Gasteiger partial charge in [0.1, 0.15) is 6.04 Å². The van der Waals surface area contributed by atoms with E-state index in [-0.39, 0.29) is 0 Å². The van der Waals surface area contributed by atoms with Gasteiger partial charge in [-0.2, -0.15) is 13.2 Å². The molecule has 0 bridgehead atoms. The summed E-state index contributed by atoms with van der Waals surface area (Å²) in [5, 5.41) is 22.8. The van der Waals surface area contributed by atoms with Crippen molar-refractivity contribution in [2.45, 2.75) is 24.4 Å².